The second-order valence-corrected chi connectivity index (χ2v) is 9.08. The molecule has 0 fully saturated rings. The first-order chi connectivity index (χ1) is 13.5. The van der Waals surface area contributed by atoms with Gasteiger partial charge in [0.25, 0.3) is 5.91 Å². The Balaban J connectivity index is 2.15. The molecule has 0 aromatic heterocycles. The van der Waals surface area contributed by atoms with Crippen molar-refractivity contribution in [3.63, 3.8) is 0 Å². The highest BCUT2D eigenvalue weighted by Gasteiger charge is 2.28. The van der Waals surface area contributed by atoms with Gasteiger partial charge in [0.15, 0.2) is 6.61 Å². The van der Waals surface area contributed by atoms with Gasteiger partial charge in [-0.1, -0.05) is 45.8 Å². The number of hydrogen-bond donors (Lipinski definition) is 1. The molecule has 0 radical (unpaired) electrons. The average molecular weight is 461 g/mol. The lowest BCUT2D eigenvalue weighted by atomic mass is 10.1. The van der Waals surface area contributed by atoms with E-state index < -0.39 is 6.04 Å². The van der Waals surface area contributed by atoms with Gasteiger partial charge in [0.2, 0.25) is 5.91 Å². The molecule has 0 bridgehead atoms. The van der Waals surface area contributed by atoms with Crippen LogP contribution in [0, 0.1) is 6.92 Å². The SMILES string of the molecule is Cc1ccc(OCC(=O)N(Cc2ccc(Br)cc2)[C@@H](C)C(=O)NC(C)(C)C)cc1. The summed E-state index contributed by atoms with van der Waals surface area (Å²) in [7, 11) is 0. The van der Waals surface area contributed by atoms with E-state index in [4.69, 9.17) is 4.74 Å². The highest BCUT2D eigenvalue weighted by molar-refractivity contribution is 9.10. The van der Waals surface area contributed by atoms with Gasteiger partial charge in [-0.05, 0) is 64.4 Å². The quantitative estimate of drug-likeness (QED) is 0.662. The summed E-state index contributed by atoms with van der Waals surface area (Å²) in [5.74, 6) is 0.183. The van der Waals surface area contributed by atoms with Crippen molar-refractivity contribution >= 4 is 27.7 Å². The van der Waals surface area contributed by atoms with Gasteiger partial charge in [0.05, 0.1) is 0 Å². The van der Waals surface area contributed by atoms with Crippen LogP contribution in [0.3, 0.4) is 0 Å². The Morgan fingerprint density at radius 2 is 1.66 bits per heavy atom. The standard InChI is InChI=1S/C23H29BrN2O3/c1-16-6-12-20(13-7-16)29-15-21(27)26(14-18-8-10-19(24)11-9-18)17(2)22(28)25-23(3,4)5/h6-13,17H,14-15H2,1-5H3,(H,25,28)/t17-/m0/s1. The van der Waals surface area contributed by atoms with Crippen molar-refractivity contribution in [2.75, 3.05) is 6.61 Å². The number of nitrogens with one attached hydrogen (secondary N) is 1. The van der Waals surface area contributed by atoms with Gasteiger partial charge in [0, 0.05) is 16.6 Å². The molecule has 6 heteroatoms. The zero-order valence-electron chi connectivity index (χ0n) is 17.7. The maximum absolute atomic E-state index is 13.0. The minimum Gasteiger partial charge on any atom is -0.484 e. The third-order valence-electron chi connectivity index (χ3n) is 4.31. The van der Waals surface area contributed by atoms with Gasteiger partial charge >= 0.3 is 0 Å². The Hall–Kier alpha value is -2.34. The number of ether oxygens (including phenoxy) is 1. The lowest BCUT2D eigenvalue weighted by molar-refractivity contribution is -0.142. The fourth-order valence-electron chi connectivity index (χ4n) is 2.71. The van der Waals surface area contributed by atoms with E-state index in [1.165, 1.54) is 0 Å². The van der Waals surface area contributed by atoms with E-state index in [0.29, 0.717) is 12.3 Å². The number of carbonyl (C=O) groups excluding carboxylic acids is 2. The molecule has 1 atom stereocenters. The van der Waals surface area contributed by atoms with Crippen LogP contribution in [-0.2, 0) is 16.1 Å². The molecule has 1 N–H and O–H groups in total. The molecular weight excluding hydrogens is 432 g/mol. The third-order valence-corrected chi connectivity index (χ3v) is 4.84. The lowest BCUT2D eigenvalue weighted by Crippen LogP contribution is -2.53. The summed E-state index contributed by atoms with van der Waals surface area (Å²) in [5.41, 5.74) is 1.68. The topological polar surface area (TPSA) is 58.6 Å². The number of hydrogen-bond acceptors (Lipinski definition) is 3. The lowest BCUT2D eigenvalue weighted by Gasteiger charge is -2.31. The fourth-order valence-corrected chi connectivity index (χ4v) is 2.97. The summed E-state index contributed by atoms with van der Waals surface area (Å²) < 4.78 is 6.62. The van der Waals surface area contributed by atoms with E-state index >= 15 is 0 Å². The van der Waals surface area contributed by atoms with E-state index in [1.54, 1.807) is 11.8 Å². The van der Waals surface area contributed by atoms with Crippen LogP contribution in [0.15, 0.2) is 53.0 Å². The molecular formula is C23H29BrN2O3. The summed E-state index contributed by atoms with van der Waals surface area (Å²) >= 11 is 3.42. The van der Waals surface area contributed by atoms with Crippen molar-refractivity contribution < 1.29 is 14.3 Å². The molecule has 2 amide bonds. The van der Waals surface area contributed by atoms with Crippen molar-refractivity contribution in [2.45, 2.75) is 52.7 Å². The van der Waals surface area contributed by atoms with Crippen molar-refractivity contribution in [3.8, 4) is 5.75 Å². The monoisotopic (exact) mass is 460 g/mol. The normalized spacial score (nSPS) is 12.2. The second-order valence-electron chi connectivity index (χ2n) is 8.17. The molecule has 2 aromatic carbocycles. The van der Waals surface area contributed by atoms with Gasteiger partial charge in [-0.25, -0.2) is 0 Å². The van der Waals surface area contributed by atoms with Gasteiger partial charge in [-0.2, -0.15) is 0 Å². The maximum Gasteiger partial charge on any atom is 0.261 e. The van der Waals surface area contributed by atoms with Gasteiger partial charge in [-0.15, -0.1) is 0 Å². The fraction of sp³-hybridized carbons (Fsp3) is 0.391. The first-order valence-corrected chi connectivity index (χ1v) is 10.4. The number of rotatable bonds is 7. The number of nitrogens with zero attached hydrogens (tertiary/aromatic N) is 1. The molecule has 0 aliphatic heterocycles. The molecule has 0 heterocycles. The number of amides is 2. The van der Waals surface area contributed by atoms with Crippen LogP contribution in [0.25, 0.3) is 0 Å². The van der Waals surface area contributed by atoms with Crippen LogP contribution < -0.4 is 10.1 Å². The van der Waals surface area contributed by atoms with Crippen molar-refractivity contribution in [1.29, 1.82) is 0 Å². The van der Waals surface area contributed by atoms with E-state index in [9.17, 15) is 9.59 Å². The molecule has 29 heavy (non-hydrogen) atoms. The molecule has 5 nitrogen and oxygen atoms in total. The number of benzene rings is 2. The van der Waals surface area contributed by atoms with Crippen molar-refractivity contribution in [2.24, 2.45) is 0 Å². The summed E-state index contributed by atoms with van der Waals surface area (Å²) in [6, 6.07) is 14.6. The van der Waals surface area contributed by atoms with Crippen LogP contribution in [-0.4, -0.2) is 34.9 Å². The third kappa shape index (κ3) is 7.54. The summed E-state index contributed by atoms with van der Waals surface area (Å²) in [6.45, 7) is 9.67. The zero-order valence-corrected chi connectivity index (χ0v) is 19.2. The van der Waals surface area contributed by atoms with E-state index in [1.807, 2.05) is 76.2 Å². The van der Waals surface area contributed by atoms with Crippen LogP contribution in [0.1, 0.15) is 38.8 Å². The van der Waals surface area contributed by atoms with E-state index in [0.717, 1.165) is 15.6 Å². The Morgan fingerprint density at radius 3 is 2.21 bits per heavy atom. The summed E-state index contributed by atoms with van der Waals surface area (Å²) in [4.78, 5) is 27.2. The highest BCUT2D eigenvalue weighted by atomic mass is 79.9. The minimum absolute atomic E-state index is 0.132. The largest absolute Gasteiger partial charge is 0.484 e. The Morgan fingerprint density at radius 1 is 1.07 bits per heavy atom. The molecule has 2 rings (SSSR count). The Kier molecular flexibility index (Phi) is 7.85. The van der Waals surface area contributed by atoms with E-state index in [-0.39, 0.29) is 24.0 Å². The molecule has 0 aliphatic rings. The van der Waals surface area contributed by atoms with Gasteiger partial charge in [-0.3, -0.25) is 9.59 Å². The smallest absolute Gasteiger partial charge is 0.261 e. The zero-order chi connectivity index (χ0) is 21.6. The Bertz CT molecular complexity index is 827. The van der Waals surface area contributed by atoms with Crippen LogP contribution >= 0.6 is 15.9 Å². The minimum atomic E-state index is -0.632. The number of carbonyl (C=O) groups is 2. The highest BCUT2D eigenvalue weighted by Crippen LogP contribution is 2.16. The molecule has 0 saturated heterocycles. The van der Waals surface area contributed by atoms with Crippen LogP contribution in [0.5, 0.6) is 5.75 Å². The van der Waals surface area contributed by atoms with Crippen LogP contribution in [0.2, 0.25) is 0 Å². The number of aryl methyl sites for hydroxylation is 1. The van der Waals surface area contributed by atoms with Gasteiger partial charge in [0.1, 0.15) is 11.8 Å². The maximum atomic E-state index is 13.0. The molecule has 2 aromatic rings. The van der Waals surface area contributed by atoms with Gasteiger partial charge < -0.3 is 15.0 Å². The first-order valence-electron chi connectivity index (χ1n) is 9.60. The second kappa shape index (κ2) is 9.92. The molecule has 156 valence electrons. The van der Waals surface area contributed by atoms with Crippen molar-refractivity contribution in [1.82, 2.24) is 10.2 Å². The van der Waals surface area contributed by atoms with Crippen molar-refractivity contribution in [3.05, 3.63) is 64.1 Å². The van der Waals surface area contributed by atoms with Crippen LogP contribution in [0.4, 0.5) is 0 Å². The molecule has 0 unspecified atom stereocenters. The summed E-state index contributed by atoms with van der Waals surface area (Å²) in [5, 5.41) is 2.95. The predicted molar refractivity (Wildman–Crippen MR) is 119 cm³/mol. The molecule has 0 saturated carbocycles. The molecule has 0 aliphatic carbocycles. The van der Waals surface area contributed by atoms with E-state index in [2.05, 4.69) is 21.2 Å². The number of halogens is 1. The Labute approximate surface area is 181 Å². The first kappa shape index (κ1) is 22.9. The predicted octanol–water partition coefficient (Wildman–Crippen LogP) is 4.47. The average Bonchev–Trinajstić information content (AvgIpc) is 2.65. The summed E-state index contributed by atoms with van der Waals surface area (Å²) in [6.07, 6.45) is 0. The molecule has 0 spiro atoms.